The van der Waals surface area contributed by atoms with Crippen LogP contribution in [0.2, 0.25) is 0 Å². The van der Waals surface area contributed by atoms with Crippen LogP contribution in [0.1, 0.15) is 6.42 Å². The van der Waals surface area contributed by atoms with Crippen LogP contribution in [0.15, 0.2) is 0 Å². The summed E-state index contributed by atoms with van der Waals surface area (Å²) in [6.45, 7) is -0.618. The normalized spacial score (nSPS) is 17.1. The molecule has 0 radical (unpaired) electrons. The Morgan fingerprint density at radius 3 is 2.14 bits per heavy atom. The van der Waals surface area contributed by atoms with E-state index >= 15 is 0 Å². The SMILES string of the molecule is O=C(O)C(O)C(O)(CCOO)C(=O)O. The first-order valence-corrected chi connectivity index (χ1v) is 3.49. The van der Waals surface area contributed by atoms with Gasteiger partial charge in [0.05, 0.1) is 6.61 Å². The van der Waals surface area contributed by atoms with Gasteiger partial charge in [-0.3, -0.25) is 5.26 Å². The maximum atomic E-state index is 10.5. The van der Waals surface area contributed by atoms with E-state index in [1.54, 1.807) is 0 Å². The Morgan fingerprint density at radius 2 is 1.86 bits per heavy atom. The summed E-state index contributed by atoms with van der Waals surface area (Å²) in [5.74, 6) is -3.79. The molecule has 0 rings (SSSR count). The van der Waals surface area contributed by atoms with E-state index in [1.807, 2.05) is 0 Å². The molecule has 0 amide bonds. The lowest BCUT2D eigenvalue weighted by Gasteiger charge is -2.25. The first-order chi connectivity index (χ1) is 6.36. The molecular formula is C6H10O8. The van der Waals surface area contributed by atoms with Crippen molar-refractivity contribution >= 4 is 11.9 Å². The maximum Gasteiger partial charge on any atom is 0.339 e. The smallest absolute Gasteiger partial charge is 0.339 e. The Kier molecular flexibility index (Phi) is 4.44. The van der Waals surface area contributed by atoms with Crippen LogP contribution in [0.4, 0.5) is 0 Å². The number of rotatable bonds is 6. The Bertz CT molecular complexity index is 226. The number of carboxylic acids is 2. The fraction of sp³-hybridized carbons (Fsp3) is 0.667. The molecule has 8 heteroatoms. The van der Waals surface area contributed by atoms with Crippen molar-refractivity contribution in [3.05, 3.63) is 0 Å². The lowest BCUT2D eigenvalue weighted by atomic mass is 9.93. The largest absolute Gasteiger partial charge is 0.479 e. The summed E-state index contributed by atoms with van der Waals surface area (Å²) in [4.78, 5) is 24.2. The van der Waals surface area contributed by atoms with Crippen LogP contribution in [0.25, 0.3) is 0 Å². The lowest BCUT2D eigenvalue weighted by Crippen LogP contribution is -2.53. The molecular weight excluding hydrogens is 200 g/mol. The van der Waals surface area contributed by atoms with E-state index in [-0.39, 0.29) is 0 Å². The first-order valence-electron chi connectivity index (χ1n) is 3.49. The van der Waals surface area contributed by atoms with Crippen molar-refractivity contribution in [2.45, 2.75) is 18.1 Å². The molecule has 0 aliphatic carbocycles. The molecule has 0 fully saturated rings. The molecule has 2 unspecified atom stereocenters. The van der Waals surface area contributed by atoms with Gasteiger partial charge in [0, 0.05) is 6.42 Å². The van der Waals surface area contributed by atoms with Gasteiger partial charge in [0.2, 0.25) is 5.60 Å². The number of aliphatic carboxylic acids is 2. The summed E-state index contributed by atoms with van der Waals surface area (Å²) in [5, 5.41) is 42.8. The second-order valence-corrected chi connectivity index (χ2v) is 2.55. The van der Waals surface area contributed by atoms with Crippen LogP contribution >= 0.6 is 0 Å². The van der Waals surface area contributed by atoms with Gasteiger partial charge < -0.3 is 20.4 Å². The van der Waals surface area contributed by atoms with Crippen LogP contribution < -0.4 is 0 Å². The second kappa shape index (κ2) is 4.86. The van der Waals surface area contributed by atoms with Crippen molar-refractivity contribution in [3.8, 4) is 0 Å². The highest BCUT2D eigenvalue weighted by Crippen LogP contribution is 2.16. The molecule has 0 saturated carbocycles. The van der Waals surface area contributed by atoms with Gasteiger partial charge in [0.1, 0.15) is 0 Å². The van der Waals surface area contributed by atoms with Crippen molar-refractivity contribution < 1.29 is 40.2 Å². The molecule has 0 aliphatic rings. The number of carbonyl (C=O) groups is 2. The van der Waals surface area contributed by atoms with E-state index < -0.39 is 36.7 Å². The second-order valence-electron chi connectivity index (χ2n) is 2.55. The number of aliphatic hydroxyl groups excluding tert-OH is 1. The van der Waals surface area contributed by atoms with Crippen LogP contribution in [0, 0.1) is 0 Å². The summed E-state index contributed by atoms with van der Waals surface area (Å²) in [7, 11) is 0. The molecule has 8 nitrogen and oxygen atoms in total. The molecule has 0 aliphatic heterocycles. The summed E-state index contributed by atoms with van der Waals surface area (Å²) >= 11 is 0. The topological polar surface area (TPSA) is 145 Å². The molecule has 82 valence electrons. The van der Waals surface area contributed by atoms with Gasteiger partial charge in [-0.25, -0.2) is 14.5 Å². The molecule has 0 heterocycles. The standard InChI is InChI=1S/C6H10O8/c7-3(4(8)9)6(12,5(10)11)1-2-14-13/h3,7,12-13H,1-2H2,(H,8,9)(H,10,11). The van der Waals surface area contributed by atoms with Gasteiger partial charge in [0.15, 0.2) is 6.10 Å². The predicted molar refractivity (Wildman–Crippen MR) is 39.4 cm³/mol. The number of hydrogen-bond acceptors (Lipinski definition) is 6. The Morgan fingerprint density at radius 1 is 1.36 bits per heavy atom. The van der Waals surface area contributed by atoms with Crippen molar-refractivity contribution in [2.24, 2.45) is 0 Å². The van der Waals surface area contributed by atoms with E-state index in [1.165, 1.54) is 0 Å². The molecule has 0 bridgehead atoms. The highest BCUT2D eigenvalue weighted by atomic mass is 17.1. The van der Waals surface area contributed by atoms with Crippen molar-refractivity contribution in [2.75, 3.05) is 6.61 Å². The first kappa shape index (κ1) is 12.8. The van der Waals surface area contributed by atoms with Crippen molar-refractivity contribution in [1.29, 1.82) is 0 Å². The fourth-order valence-corrected chi connectivity index (χ4v) is 0.766. The molecule has 0 aromatic rings. The van der Waals surface area contributed by atoms with Crippen molar-refractivity contribution in [1.82, 2.24) is 0 Å². The average molecular weight is 210 g/mol. The van der Waals surface area contributed by atoms with E-state index in [0.29, 0.717) is 0 Å². The van der Waals surface area contributed by atoms with Crippen molar-refractivity contribution in [3.63, 3.8) is 0 Å². The number of carboxylic acid groups (broad SMARTS) is 2. The Balaban J connectivity index is 4.70. The maximum absolute atomic E-state index is 10.5. The minimum atomic E-state index is -2.88. The Labute approximate surface area is 77.9 Å². The van der Waals surface area contributed by atoms with Gasteiger partial charge in [0.25, 0.3) is 0 Å². The van der Waals surface area contributed by atoms with Gasteiger partial charge in [-0.1, -0.05) is 0 Å². The van der Waals surface area contributed by atoms with E-state index in [0.717, 1.165) is 0 Å². The molecule has 14 heavy (non-hydrogen) atoms. The van der Waals surface area contributed by atoms with Gasteiger partial charge in [-0.05, 0) is 0 Å². The molecule has 2 atom stereocenters. The number of hydrogen-bond donors (Lipinski definition) is 5. The summed E-state index contributed by atoms with van der Waals surface area (Å²) in [6.07, 6.45) is -3.25. The van der Waals surface area contributed by atoms with E-state index in [9.17, 15) is 14.7 Å². The third-order valence-corrected chi connectivity index (χ3v) is 1.63. The highest BCUT2D eigenvalue weighted by Gasteiger charge is 2.47. The van der Waals surface area contributed by atoms with Gasteiger partial charge in [-0.2, -0.15) is 0 Å². The van der Waals surface area contributed by atoms with E-state index in [4.69, 9.17) is 20.6 Å². The lowest BCUT2D eigenvalue weighted by molar-refractivity contribution is -0.253. The van der Waals surface area contributed by atoms with Crippen LogP contribution in [0.5, 0.6) is 0 Å². The third-order valence-electron chi connectivity index (χ3n) is 1.63. The zero-order chi connectivity index (χ0) is 11.4. The zero-order valence-electron chi connectivity index (χ0n) is 6.95. The zero-order valence-corrected chi connectivity index (χ0v) is 6.95. The molecule has 0 saturated heterocycles. The summed E-state index contributed by atoms with van der Waals surface area (Å²) < 4.78 is 0. The average Bonchev–Trinajstić information content (AvgIpc) is 2.12. The van der Waals surface area contributed by atoms with Crippen LogP contribution in [0.3, 0.4) is 0 Å². The molecule has 0 spiro atoms. The number of aliphatic hydroxyl groups is 2. The molecule has 5 N–H and O–H groups in total. The minimum Gasteiger partial charge on any atom is -0.479 e. The minimum absolute atomic E-state index is 0.618. The Hall–Kier alpha value is -1.22. The monoisotopic (exact) mass is 210 g/mol. The third kappa shape index (κ3) is 2.64. The molecule has 0 aromatic heterocycles. The predicted octanol–water partition coefficient (Wildman–Crippen LogP) is -1.87. The quantitative estimate of drug-likeness (QED) is 0.253. The van der Waals surface area contributed by atoms with E-state index in [2.05, 4.69) is 4.89 Å². The summed E-state index contributed by atoms with van der Waals surface area (Å²) in [6, 6.07) is 0. The van der Waals surface area contributed by atoms with Crippen LogP contribution in [-0.4, -0.2) is 55.9 Å². The fourth-order valence-electron chi connectivity index (χ4n) is 0.766. The highest BCUT2D eigenvalue weighted by molar-refractivity contribution is 5.87. The van der Waals surface area contributed by atoms with Crippen LogP contribution in [-0.2, 0) is 14.5 Å². The van der Waals surface area contributed by atoms with Gasteiger partial charge in [-0.15, -0.1) is 0 Å². The summed E-state index contributed by atoms with van der Waals surface area (Å²) in [5.41, 5.74) is -2.88. The molecule has 0 aromatic carbocycles. The van der Waals surface area contributed by atoms with Gasteiger partial charge >= 0.3 is 11.9 Å².